The normalized spacial score (nSPS) is 25.9. The van der Waals surface area contributed by atoms with Crippen LogP contribution in [0.4, 0.5) is 0 Å². The van der Waals surface area contributed by atoms with Crippen LogP contribution in [0.3, 0.4) is 0 Å². The lowest BCUT2D eigenvalue weighted by atomic mass is 10.0. The summed E-state index contributed by atoms with van der Waals surface area (Å²) in [6.45, 7) is 2.16. The monoisotopic (exact) mass is 370 g/mol. The summed E-state index contributed by atoms with van der Waals surface area (Å²) >= 11 is 0. The van der Waals surface area contributed by atoms with Crippen LogP contribution in [-0.4, -0.2) is 56.9 Å². The first-order chi connectivity index (χ1) is 12.4. The van der Waals surface area contributed by atoms with E-state index in [2.05, 4.69) is 13.0 Å². The van der Waals surface area contributed by atoms with Gasteiger partial charge in [0, 0.05) is 12.8 Å². The number of hydrogen-bond acceptors (Lipinski definition) is 5. The average molecular weight is 370 g/mol. The number of carbonyl (C=O) groups is 1. The van der Waals surface area contributed by atoms with Crippen LogP contribution in [0.1, 0.15) is 64.7 Å². The predicted octanol–water partition coefficient (Wildman–Crippen LogP) is 2.56. The maximum atomic E-state index is 10.5. The average Bonchev–Trinajstić information content (AvgIpc) is 2.96. The molecule has 0 bridgehead atoms. The third-order valence-corrected chi connectivity index (χ3v) is 4.55. The van der Waals surface area contributed by atoms with Crippen molar-refractivity contribution in [1.82, 2.24) is 0 Å². The molecule has 0 aliphatic carbocycles. The Hall–Kier alpha value is -1.21. The number of unbranched alkanes of at least 4 members (excludes halogenated alkanes) is 3. The van der Waals surface area contributed by atoms with E-state index in [9.17, 15) is 20.1 Å². The van der Waals surface area contributed by atoms with E-state index in [1.54, 1.807) is 12.2 Å². The number of carboxylic acid groups (broad SMARTS) is 1. The first-order valence-corrected chi connectivity index (χ1v) is 9.68. The predicted molar refractivity (Wildman–Crippen MR) is 99.8 cm³/mol. The van der Waals surface area contributed by atoms with Gasteiger partial charge in [0.15, 0.2) is 0 Å². The summed E-state index contributed by atoms with van der Waals surface area (Å²) in [6.07, 6.45) is 10.2. The quantitative estimate of drug-likeness (QED) is 0.293. The molecule has 0 aromatic carbocycles. The molecule has 1 rings (SSSR count). The van der Waals surface area contributed by atoms with Crippen LogP contribution in [0.15, 0.2) is 24.3 Å². The van der Waals surface area contributed by atoms with Crippen LogP contribution in [0.5, 0.6) is 0 Å². The minimum absolute atomic E-state index is 0.00776. The molecule has 0 radical (unpaired) electrons. The van der Waals surface area contributed by atoms with Crippen molar-refractivity contribution in [2.24, 2.45) is 0 Å². The molecule has 0 aromatic rings. The molecule has 1 fully saturated rings. The van der Waals surface area contributed by atoms with Crippen molar-refractivity contribution in [1.29, 1.82) is 0 Å². The third-order valence-electron chi connectivity index (χ3n) is 4.55. The lowest BCUT2D eigenvalue weighted by molar-refractivity contribution is -0.137. The highest BCUT2D eigenvalue weighted by atomic mass is 16.5. The number of hydrogen-bond donors (Lipinski definition) is 4. The van der Waals surface area contributed by atoms with Crippen LogP contribution in [0.2, 0.25) is 0 Å². The Morgan fingerprint density at radius 3 is 2.69 bits per heavy atom. The van der Waals surface area contributed by atoms with E-state index in [1.807, 2.05) is 6.08 Å². The van der Waals surface area contributed by atoms with E-state index in [4.69, 9.17) is 9.84 Å². The van der Waals surface area contributed by atoms with Crippen molar-refractivity contribution in [3.8, 4) is 0 Å². The summed E-state index contributed by atoms with van der Waals surface area (Å²) < 4.78 is 5.65. The van der Waals surface area contributed by atoms with Gasteiger partial charge in [-0.15, -0.1) is 0 Å². The number of carboxylic acids is 1. The molecule has 1 saturated heterocycles. The fraction of sp³-hybridized carbons (Fsp3) is 0.750. The Labute approximate surface area is 156 Å². The molecule has 5 atom stereocenters. The van der Waals surface area contributed by atoms with Crippen LogP contribution < -0.4 is 0 Å². The number of rotatable bonds is 13. The molecule has 26 heavy (non-hydrogen) atoms. The third kappa shape index (κ3) is 9.48. The highest BCUT2D eigenvalue weighted by Gasteiger charge is 2.36. The van der Waals surface area contributed by atoms with Gasteiger partial charge in [0.2, 0.25) is 0 Å². The first kappa shape index (κ1) is 22.8. The SMILES string of the molecule is CCCCC/C=C\C[C@H](O)/C=C/[C@@H]1O[C@@H]([C@H](O)CCCC(=O)O)C[C@H]1O. The maximum Gasteiger partial charge on any atom is 0.303 e. The number of aliphatic hydroxyl groups is 3. The van der Waals surface area contributed by atoms with E-state index in [0.717, 1.165) is 12.8 Å². The molecule has 1 aliphatic rings. The molecule has 6 nitrogen and oxygen atoms in total. The Bertz CT molecular complexity index is 448. The molecule has 0 spiro atoms. The number of ether oxygens (including phenoxy) is 1. The number of allylic oxidation sites excluding steroid dienone is 1. The molecule has 4 N–H and O–H groups in total. The topological polar surface area (TPSA) is 107 Å². The van der Waals surface area contributed by atoms with Crippen LogP contribution in [0.25, 0.3) is 0 Å². The van der Waals surface area contributed by atoms with Crippen molar-refractivity contribution >= 4 is 5.97 Å². The largest absolute Gasteiger partial charge is 0.481 e. The number of aliphatic carboxylic acids is 1. The summed E-state index contributed by atoms with van der Waals surface area (Å²) in [4.78, 5) is 10.5. The second-order valence-corrected chi connectivity index (χ2v) is 6.95. The first-order valence-electron chi connectivity index (χ1n) is 9.68. The van der Waals surface area contributed by atoms with Crippen LogP contribution in [0, 0.1) is 0 Å². The molecule has 6 heteroatoms. The van der Waals surface area contributed by atoms with Gasteiger partial charge in [-0.25, -0.2) is 0 Å². The summed E-state index contributed by atoms with van der Waals surface area (Å²) in [5.41, 5.74) is 0. The summed E-state index contributed by atoms with van der Waals surface area (Å²) in [5, 5.41) is 38.7. The van der Waals surface area contributed by atoms with Gasteiger partial charge in [0.1, 0.15) is 6.10 Å². The molecule has 0 aromatic heterocycles. The Kier molecular flexibility index (Phi) is 11.4. The molecule has 0 unspecified atom stereocenters. The van der Waals surface area contributed by atoms with E-state index in [0.29, 0.717) is 25.7 Å². The van der Waals surface area contributed by atoms with Crippen LogP contribution in [-0.2, 0) is 9.53 Å². The standard InChI is InChI=1S/C20H34O6/c1-2-3-4-5-6-7-9-15(21)12-13-18-17(23)14-19(26-18)16(22)10-8-11-20(24)25/h6-7,12-13,15-19,21-23H,2-5,8-11,14H2,1H3,(H,24,25)/b7-6-,13-12+/t15-,16+,17+,18-,19+/m0/s1. The fourth-order valence-electron chi connectivity index (χ4n) is 2.97. The van der Waals surface area contributed by atoms with Crippen molar-refractivity contribution in [2.45, 2.75) is 95.2 Å². The van der Waals surface area contributed by atoms with E-state index < -0.39 is 36.5 Å². The zero-order valence-corrected chi connectivity index (χ0v) is 15.7. The van der Waals surface area contributed by atoms with E-state index in [-0.39, 0.29) is 6.42 Å². The zero-order chi connectivity index (χ0) is 19.4. The van der Waals surface area contributed by atoms with E-state index in [1.165, 1.54) is 12.8 Å². The molecular formula is C20H34O6. The Morgan fingerprint density at radius 1 is 1.23 bits per heavy atom. The second kappa shape index (κ2) is 13.0. The van der Waals surface area contributed by atoms with Gasteiger partial charge >= 0.3 is 5.97 Å². The van der Waals surface area contributed by atoms with Gasteiger partial charge in [0.25, 0.3) is 0 Å². The Balaban J connectivity index is 2.31. The van der Waals surface area contributed by atoms with Gasteiger partial charge in [-0.1, -0.05) is 44.1 Å². The van der Waals surface area contributed by atoms with Gasteiger partial charge < -0.3 is 25.2 Å². The van der Waals surface area contributed by atoms with Crippen molar-refractivity contribution in [3.63, 3.8) is 0 Å². The lowest BCUT2D eigenvalue weighted by Crippen LogP contribution is -2.26. The summed E-state index contributed by atoms with van der Waals surface area (Å²) in [5.74, 6) is -0.890. The molecule has 150 valence electrons. The summed E-state index contributed by atoms with van der Waals surface area (Å²) in [6, 6.07) is 0. The molecule has 1 aliphatic heterocycles. The maximum absolute atomic E-state index is 10.5. The highest BCUT2D eigenvalue weighted by molar-refractivity contribution is 5.66. The highest BCUT2D eigenvalue weighted by Crippen LogP contribution is 2.26. The molecule has 0 saturated carbocycles. The van der Waals surface area contributed by atoms with Gasteiger partial charge in [-0.2, -0.15) is 0 Å². The van der Waals surface area contributed by atoms with Crippen molar-refractivity contribution in [2.75, 3.05) is 0 Å². The Morgan fingerprint density at radius 2 is 2.00 bits per heavy atom. The molecule has 0 amide bonds. The van der Waals surface area contributed by atoms with Gasteiger partial charge in [-0.05, 0) is 32.1 Å². The van der Waals surface area contributed by atoms with Gasteiger partial charge in [0.05, 0.1) is 24.4 Å². The minimum Gasteiger partial charge on any atom is -0.481 e. The number of aliphatic hydroxyl groups excluding tert-OH is 3. The van der Waals surface area contributed by atoms with E-state index >= 15 is 0 Å². The zero-order valence-electron chi connectivity index (χ0n) is 15.7. The van der Waals surface area contributed by atoms with Crippen molar-refractivity contribution < 1.29 is 30.0 Å². The van der Waals surface area contributed by atoms with Crippen LogP contribution >= 0.6 is 0 Å². The molecular weight excluding hydrogens is 336 g/mol. The summed E-state index contributed by atoms with van der Waals surface area (Å²) in [7, 11) is 0. The smallest absolute Gasteiger partial charge is 0.303 e. The van der Waals surface area contributed by atoms with Crippen molar-refractivity contribution in [3.05, 3.63) is 24.3 Å². The molecule has 1 heterocycles. The second-order valence-electron chi connectivity index (χ2n) is 6.95. The lowest BCUT2D eigenvalue weighted by Gasteiger charge is -2.17. The fourth-order valence-corrected chi connectivity index (χ4v) is 2.97. The minimum atomic E-state index is -0.890. The van der Waals surface area contributed by atoms with Gasteiger partial charge in [-0.3, -0.25) is 4.79 Å².